The van der Waals surface area contributed by atoms with Crippen LogP contribution in [0.1, 0.15) is 18.4 Å². The van der Waals surface area contributed by atoms with Gasteiger partial charge in [-0.1, -0.05) is 42.5 Å². The monoisotopic (exact) mass is 479 g/mol. The molecule has 178 valence electrons. The molecule has 2 heterocycles. The molecule has 7 nitrogen and oxygen atoms in total. The zero-order chi connectivity index (χ0) is 24.0. The molecule has 1 aliphatic rings. The van der Waals surface area contributed by atoms with E-state index in [1.165, 1.54) is 6.26 Å². The van der Waals surface area contributed by atoms with Crippen molar-refractivity contribution in [2.24, 2.45) is 5.92 Å². The highest BCUT2D eigenvalue weighted by atomic mass is 32.2. The maximum atomic E-state index is 12.3. The summed E-state index contributed by atoms with van der Waals surface area (Å²) in [6, 6.07) is 20.4. The van der Waals surface area contributed by atoms with Gasteiger partial charge in [0.05, 0.1) is 4.90 Å². The Morgan fingerprint density at radius 3 is 2.29 bits per heavy atom. The Bertz CT molecular complexity index is 1190. The van der Waals surface area contributed by atoms with Gasteiger partial charge in [0, 0.05) is 37.7 Å². The second-order valence-electron chi connectivity index (χ2n) is 8.58. The standard InChI is InChI=1S/C26H29N3O4S/c1-34(31,32)24-10-7-22(8-11-24)23-9-12-25(28-18-23)27-17-20-13-15-29(16-14-20)26(30)33-19-21-5-3-2-4-6-21/h2-12,18,20H,13-17,19H2,1H3,(H,27,28). The van der Waals surface area contributed by atoms with E-state index in [1.54, 1.807) is 35.4 Å². The number of nitrogens with zero attached hydrogens (tertiary/aromatic N) is 2. The van der Waals surface area contributed by atoms with Crippen molar-refractivity contribution in [1.82, 2.24) is 9.88 Å². The lowest BCUT2D eigenvalue weighted by Gasteiger charge is -2.31. The number of hydrogen-bond donors (Lipinski definition) is 1. The third-order valence-electron chi connectivity index (χ3n) is 6.03. The predicted molar refractivity (Wildman–Crippen MR) is 132 cm³/mol. The molecule has 1 N–H and O–H groups in total. The van der Waals surface area contributed by atoms with Gasteiger partial charge < -0.3 is 15.0 Å². The Labute approximate surface area is 200 Å². The van der Waals surface area contributed by atoms with Crippen LogP contribution < -0.4 is 5.32 Å². The largest absolute Gasteiger partial charge is 0.445 e. The summed E-state index contributed by atoms with van der Waals surface area (Å²) in [5.41, 5.74) is 2.82. The summed E-state index contributed by atoms with van der Waals surface area (Å²) in [6.07, 6.45) is 4.56. The molecule has 0 bridgehead atoms. The number of rotatable bonds is 7. The minimum Gasteiger partial charge on any atom is -0.445 e. The van der Waals surface area contributed by atoms with E-state index in [9.17, 15) is 13.2 Å². The molecule has 34 heavy (non-hydrogen) atoms. The number of benzene rings is 2. The molecule has 1 saturated heterocycles. The summed E-state index contributed by atoms with van der Waals surface area (Å²) in [5, 5.41) is 3.39. The summed E-state index contributed by atoms with van der Waals surface area (Å²) in [7, 11) is -3.20. The fourth-order valence-electron chi connectivity index (χ4n) is 3.94. The fourth-order valence-corrected chi connectivity index (χ4v) is 4.57. The third kappa shape index (κ3) is 6.35. The highest BCUT2D eigenvalue weighted by molar-refractivity contribution is 7.90. The molecule has 0 atom stereocenters. The highest BCUT2D eigenvalue weighted by Gasteiger charge is 2.23. The SMILES string of the molecule is CS(=O)(=O)c1ccc(-c2ccc(NCC3CCN(C(=O)OCc4ccccc4)CC3)nc2)cc1. The molecule has 0 saturated carbocycles. The third-order valence-corrected chi connectivity index (χ3v) is 7.16. The van der Waals surface area contributed by atoms with Gasteiger partial charge in [0.25, 0.3) is 0 Å². The Morgan fingerprint density at radius 1 is 1.00 bits per heavy atom. The molecule has 8 heteroatoms. The first-order valence-electron chi connectivity index (χ1n) is 11.3. The first-order chi connectivity index (χ1) is 16.4. The lowest BCUT2D eigenvalue weighted by Crippen LogP contribution is -2.40. The second kappa shape index (κ2) is 10.7. The van der Waals surface area contributed by atoms with E-state index in [2.05, 4.69) is 10.3 Å². The quantitative estimate of drug-likeness (QED) is 0.532. The molecule has 1 aliphatic heterocycles. The van der Waals surface area contributed by atoms with Gasteiger partial charge in [0.2, 0.25) is 0 Å². The van der Waals surface area contributed by atoms with Crippen molar-refractivity contribution in [3.63, 3.8) is 0 Å². The Kier molecular flexibility index (Phi) is 7.47. The lowest BCUT2D eigenvalue weighted by atomic mass is 9.97. The molecule has 0 aliphatic carbocycles. The number of anilines is 1. The van der Waals surface area contributed by atoms with Gasteiger partial charge >= 0.3 is 6.09 Å². The van der Waals surface area contributed by atoms with Crippen LogP contribution in [0.4, 0.5) is 10.6 Å². The Balaban J connectivity index is 1.21. The summed E-state index contributed by atoms with van der Waals surface area (Å²) in [4.78, 5) is 18.9. The van der Waals surface area contributed by atoms with E-state index < -0.39 is 9.84 Å². The van der Waals surface area contributed by atoms with E-state index in [4.69, 9.17) is 4.74 Å². The maximum absolute atomic E-state index is 12.3. The molecular weight excluding hydrogens is 450 g/mol. The first-order valence-corrected chi connectivity index (χ1v) is 13.2. The van der Waals surface area contributed by atoms with Gasteiger partial charge in [0.15, 0.2) is 9.84 Å². The lowest BCUT2D eigenvalue weighted by molar-refractivity contribution is 0.0832. The normalized spacial score (nSPS) is 14.6. The minimum atomic E-state index is -3.20. The van der Waals surface area contributed by atoms with E-state index >= 15 is 0 Å². The van der Waals surface area contributed by atoms with Crippen LogP contribution >= 0.6 is 0 Å². The van der Waals surface area contributed by atoms with Crippen LogP contribution in [-0.4, -0.2) is 50.3 Å². The molecule has 1 aromatic heterocycles. The zero-order valence-electron chi connectivity index (χ0n) is 19.2. The molecule has 0 radical (unpaired) electrons. The van der Waals surface area contributed by atoms with Crippen molar-refractivity contribution < 1.29 is 17.9 Å². The average Bonchev–Trinajstić information content (AvgIpc) is 2.87. The summed E-state index contributed by atoms with van der Waals surface area (Å²) in [6.45, 7) is 2.47. The van der Waals surface area contributed by atoms with Crippen molar-refractivity contribution in [2.75, 3.05) is 31.2 Å². The number of nitrogens with one attached hydrogen (secondary N) is 1. The molecule has 2 aromatic carbocycles. The van der Waals surface area contributed by atoms with Gasteiger partial charge in [-0.05, 0) is 54.2 Å². The van der Waals surface area contributed by atoms with Crippen LogP contribution in [0.5, 0.6) is 0 Å². The molecule has 3 aromatic rings. The van der Waals surface area contributed by atoms with Crippen LogP contribution in [-0.2, 0) is 21.2 Å². The molecule has 4 rings (SSSR count). The van der Waals surface area contributed by atoms with Gasteiger partial charge in [-0.25, -0.2) is 18.2 Å². The van der Waals surface area contributed by atoms with Gasteiger partial charge in [-0.15, -0.1) is 0 Å². The van der Waals surface area contributed by atoms with Crippen LogP contribution in [0.2, 0.25) is 0 Å². The van der Waals surface area contributed by atoms with Crippen molar-refractivity contribution in [2.45, 2.75) is 24.3 Å². The number of aromatic nitrogens is 1. The summed E-state index contributed by atoms with van der Waals surface area (Å²) < 4.78 is 28.7. The zero-order valence-corrected chi connectivity index (χ0v) is 20.0. The number of carbonyl (C=O) groups is 1. The number of hydrogen-bond acceptors (Lipinski definition) is 6. The number of likely N-dealkylation sites (tertiary alicyclic amines) is 1. The van der Waals surface area contributed by atoms with Crippen molar-refractivity contribution >= 4 is 21.7 Å². The van der Waals surface area contributed by atoms with E-state index in [0.29, 0.717) is 30.5 Å². The smallest absolute Gasteiger partial charge is 0.410 e. The fraction of sp³-hybridized carbons (Fsp3) is 0.308. The molecule has 0 spiro atoms. The van der Waals surface area contributed by atoms with Gasteiger partial charge in [-0.3, -0.25) is 0 Å². The van der Waals surface area contributed by atoms with Gasteiger partial charge in [-0.2, -0.15) is 0 Å². The Hall–Kier alpha value is -3.39. The predicted octanol–water partition coefficient (Wildman–Crippen LogP) is 4.61. The summed E-state index contributed by atoms with van der Waals surface area (Å²) >= 11 is 0. The number of ether oxygens (including phenoxy) is 1. The Morgan fingerprint density at radius 2 is 1.68 bits per heavy atom. The van der Waals surface area contributed by atoms with Crippen LogP contribution in [0.3, 0.4) is 0 Å². The number of amides is 1. The molecular formula is C26H29N3O4S. The number of sulfone groups is 1. The first kappa shape index (κ1) is 23.8. The van der Waals surface area contributed by atoms with Crippen LogP contribution in [0.25, 0.3) is 11.1 Å². The van der Waals surface area contributed by atoms with Gasteiger partial charge in [0.1, 0.15) is 12.4 Å². The van der Waals surface area contributed by atoms with Crippen molar-refractivity contribution in [3.05, 3.63) is 78.5 Å². The maximum Gasteiger partial charge on any atom is 0.410 e. The number of pyridine rings is 1. The van der Waals surface area contributed by atoms with E-state index in [1.807, 2.05) is 42.5 Å². The molecule has 1 fully saturated rings. The van der Waals surface area contributed by atoms with E-state index in [-0.39, 0.29) is 6.09 Å². The molecule has 0 unspecified atom stereocenters. The van der Waals surface area contributed by atoms with Crippen LogP contribution in [0.15, 0.2) is 77.8 Å². The molecule has 1 amide bonds. The second-order valence-corrected chi connectivity index (χ2v) is 10.6. The highest BCUT2D eigenvalue weighted by Crippen LogP contribution is 2.23. The number of piperidine rings is 1. The number of carbonyl (C=O) groups excluding carboxylic acids is 1. The van der Waals surface area contributed by atoms with Crippen LogP contribution in [0, 0.1) is 5.92 Å². The van der Waals surface area contributed by atoms with E-state index in [0.717, 1.165) is 41.9 Å². The van der Waals surface area contributed by atoms with Crippen molar-refractivity contribution in [3.8, 4) is 11.1 Å². The van der Waals surface area contributed by atoms with Crippen molar-refractivity contribution in [1.29, 1.82) is 0 Å². The topological polar surface area (TPSA) is 88.6 Å². The minimum absolute atomic E-state index is 0.253. The average molecular weight is 480 g/mol. The summed E-state index contributed by atoms with van der Waals surface area (Å²) in [5.74, 6) is 1.25.